The summed E-state index contributed by atoms with van der Waals surface area (Å²) in [5, 5.41) is 2.50. The van der Waals surface area contributed by atoms with E-state index in [0.29, 0.717) is 0 Å². The minimum absolute atomic E-state index is 0.0280. The Kier molecular flexibility index (Phi) is 7.05. The van der Waals surface area contributed by atoms with Crippen molar-refractivity contribution in [2.45, 2.75) is 35.4 Å². The molecule has 4 nitrogen and oxygen atoms in total. The number of fused-ring (bicyclic) bond motifs is 1. The zero-order valence-corrected chi connectivity index (χ0v) is 18.0. The molecule has 1 N–H and O–H groups in total. The summed E-state index contributed by atoms with van der Waals surface area (Å²) in [4.78, 5) is 26.4. The molecular weight excluding hydrogens is 406 g/mol. The normalized spacial score (nSPS) is 16.1. The standard InChI is InChI=1S/C26H25NO3S/c28-24(27-23-17-9-13-19-10-7-8-16-22(19)23)18-30-26(29)25(20-11-3-1-4-12-20)31-21-14-5-2-6-15-21/h1-8,10-12,14-16,23,25H,9,13,17-18H2,(H,27,28). The Hall–Kier alpha value is -3.05. The van der Waals surface area contributed by atoms with Gasteiger partial charge in [-0.2, -0.15) is 0 Å². The minimum atomic E-state index is -0.535. The molecule has 0 fully saturated rings. The van der Waals surface area contributed by atoms with Gasteiger partial charge in [0.2, 0.25) is 0 Å². The van der Waals surface area contributed by atoms with Crippen LogP contribution < -0.4 is 5.32 Å². The summed E-state index contributed by atoms with van der Waals surface area (Å²) in [6.45, 7) is -0.282. The van der Waals surface area contributed by atoms with Crippen LogP contribution in [0, 0.1) is 0 Å². The maximum atomic E-state index is 12.9. The first-order valence-corrected chi connectivity index (χ1v) is 11.4. The smallest absolute Gasteiger partial charge is 0.324 e. The average molecular weight is 432 g/mol. The third-order valence-electron chi connectivity index (χ3n) is 5.36. The molecule has 0 aromatic heterocycles. The number of ether oxygens (including phenoxy) is 1. The fourth-order valence-electron chi connectivity index (χ4n) is 3.87. The van der Waals surface area contributed by atoms with Crippen LogP contribution >= 0.6 is 11.8 Å². The lowest BCUT2D eigenvalue weighted by atomic mass is 9.88. The molecule has 5 heteroatoms. The SMILES string of the molecule is O=C(COC(=O)C(Sc1ccccc1)c1ccccc1)NC1CCCc2ccccc21. The van der Waals surface area contributed by atoms with Crippen molar-refractivity contribution >= 4 is 23.6 Å². The lowest BCUT2D eigenvalue weighted by Crippen LogP contribution is -2.34. The minimum Gasteiger partial charge on any atom is -0.454 e. The molecule has 0 aliphatic heterocycles. The van der Waals surface area contributed by atoms with E-state index >= 15 is 0 Å². The van der Waals surface area contributed by atoms with Gasteiger partial charge in [0, 0.05) is 4.90 Å². The number of rotatable bonds is 7. The Bertz CT molecular complexity index is 1020. The van der Waals surface area contributed by atoms with E-state index in [0.717, 1.165) is 35.3 Å². The van der Waals surface area contributed by atoms with Gasteiger partial charge in [-0.15, -0.1) is 11.8 Å². The fraction of sp³-hybridized carbons (Fsp3) is 0.231. The molecule has 158 valence electrons. The first-order chi connectivity index (χ1) is 15.2. The highest BCUT2D eigenvalue weighted by atomic mass is 32.2. The number of nitrogens with one attached hydrogen (secondary N) is 1. The van der Waals surface area contributed by atoms with Crippen molar-refractivity contribution in [1.82, 2.24) is 5.32 Å². The van der Waals surface area contributed by atoms with Crippen LogP contribution in [0.15, 0.2) is 89.8 Å². The maximum absolute atomic E-state index is 12.9. The van der Waals surface area contributed by atoms with Crippen molar-refractivity contribution in [1.29, 1.82) is 0 Å². The van der Waals surface area contributed by atoms with E-state index in [1.165, 1.54) is 17.3 Å². The number of esters is 1. The topological polar surface area (TPSA) is 55.4 Å². The van der Waals surface area contributed by atoms with Crippen LogP contribution in [0.1, 0.15) is 40.8 Å². The highest BCUT2D eigenvalue weighted by Crippen LogP contribution is 2.36. The number of carbonyl (C=O) groups is 2. The van der Waals surface area contributed by atoms with Crippen LogP contribution in [0.2, 0.25) is 0 Å². The molecular formula is C26H25NO3S. The number of carbonyl (C=O) groups excluding carboxylic acids is 2. The van der Waals surface area contributed by atoms with Crippen molar-refractivity contribution in [2.24, 2.45) is 0 Å². The molecule has 2 atom stereocenters. The van der Waals surface area contributed by atoms with Gasteiger partial charge in [-0.1, -0.05) is 72.8 Å². The Labute approximate surface area is 187 Å². The summed E-state index contributed by atoms with van der Waals surface area (Å²) in [5.41, 5.74) is 3.29. The van der Waals surface area contributed by atoms with Crippen LogP contribution in [0.4, 0.5) is 0 Å². The van der Waals surface area contributed by atoms with E-state index < -0.39 is 11.2 Å². The van der Waals surface area contributed by atoms with Crippen molar-refractivity contribution in [3.63, 3.8) is 0 Å². The van der Waals surface area contributed by atoms with Gasteiger partial charge >= 0.3 is 5.97 Å². The molecule has 0 radical (unpaired) electrons. The first-order valence-electron chi connectivity index (χ1n) is 10.5. The predicted molar refractivity (Wildman–Crippen MR) is 123 cm³/mol. The van der Waals surface area contributed by atoms with Crippen molar-refractivity contribution in [2.75, 3.05) is 6.61 Å². The van der Waals surface area contributed by atoms with Crippen LogP contribution in [0.3, 0.4) is 0 Å². The summed E-state index contributed by atoms with van der Waals surface area (Å²) < 4.78 is 5.45. The molecule has 3 aromatic carbocycles. The molecule has 31 heavy (non-hydrogen) atoms. The van der Waals surface area contributed by atoms with Gasteiger partial charge < -0.3 is 10.1 Å². The highest BCUT2D eigenvalue weighted by Gasteiger charge is 2.26. The molecule has 3 aromatic rings. The molecule has 0 bridgehead atoms. The highest BCUT2D eigenvalue weighted by molar-refractivity contribution is 8.00. The summed E-state index contributed by atoms with van der Waals surface area (Å²) in [6.07, 6.45) is 2.96. The molecule has 0 saturated heterocycles. The molecule has 2 unspecified atom stereocenters. The number of hydrogen-bond donors (Lipinski definition) is 1. The monoisotopic (exact) mass is 431 g/mol. The second kappa shape index (κ2) is 10.3. The molecule has 0 heterocycles. The molecule has 0 saturated carbocycles. The molecule has 0 spiro atoms. The average Bonchev–Trinajstić information content (AvgIpc) is 2.82. The number of hydrogen-bond acceptors (Lipinski definition) is 4. The number of benzene rings is 3. The quantitative estimate of drug-likeness (QED) is 0.410. The zero-order chi connectivity index (χ0) is 21.5. The second-order valence-electron chi connectivity index (χ2n) is 7.54. The van der Waals surface area contributed by atoms with E-state index in [4.69, 9.17) is 4.74 Å². The van der Waals surface area contributed by atoms with Gasteiger partial charge in [0.05, 0.1) is 6.04 Å². The van der Waals surface area contributed by atoms with Gasteiger partial charge in [0.15, 0.2) is 6.61 Å². The third-order valence-corrected chi connectivity index (χ3v) is 6.61. The fourth-order valence-corrected chi connectivity index (χ4v) is 4.91. The van der Waals surface area contributed by atoms with Crippen molar-refractivity contribution in [3.05, 3.63) is 102 Å². The van der Waals surface area contributed by atoms with Crippen molar-refractivity contribution in [3.8, 4) is 0 Å². The number of thioether (sulfide) groups is 1. The van der Waals surface area contributed by atoms with Gasteiger partial charge in [0.25, 0.3) is 5.91 Å². The summed E-state index contributed by atoms with van der Waals surface area (Å²) in [6, 6.07) is 27.4. The van der Waals surface area contributed by atoms with Crippen LogP contribution in [-0.4, -0.2) is 18.5 Å². The lowest BCUT2D eigenvalue weighted by molar-refractivity contribution is -0.148. The Balaban J connectivity index is 1.39. The maximum Gasteiger partial charge on any atom is 0.324 e. The van der Waals surface area contributed by atoms with E-state index in [9.17, 15) is 9.59 Å². The lowest BCUT2D eigenvalue weighted by Gasteiger charge is -2.26. The number of aryl methyl sites for hydroxylation is 1. The first kappa shape index (κ1) is 21.2. The molecule has 1 aliphatic carbocycles. The molecule has 4 rings (SSSR count). The second-order valence-corrected chi connectivity index (χ2v) is 8.72. The van der Waals surface area contributed by atoms with E-state index in [1.54, 1.807) is 0 Å². The largest absolute Gasteiger partial charge is 0.454 e. The molecule has 1 amide bonds. The van der Waals surface area contributed by atoms with Crippen LogP contribution in [0.25, 0.3) is 0 Å². The summed E-state index contributed by atoms with van der Waals surface area (Å²) in [5.74, 6) is -0.689. The Morgan fingerprint density at radius 2 is 1.61 bits per heavy atom. The van der Waals surface area contributed by atoms with E-state index in [1.807, 2.05) is 72.8 Å². The Morgan fingerprint density at radius 1 is 0.935 bits per heavy atom. The van der Waals surface area contributed by atoms with Gasteiger partial charge in [-0.05, 0) is 48.1 Å². The number of amides is 1. The van der Waals surface area contributed by atoms with Crippen LogP contribution in [0.5, 0.6) is 0 Å². The zero-order valence-electron chi connectivity index (χ0n) is 17.2. The van der Waals surface area contributed by atoms with Gasteiger partial charge in [0.1, 0.15) is 5.25 Å². The molecule has 1 aliphatic rings. The third kappa shape index (κ3) is 5.56. The predicted octanol–water partition coefficient (Wildman–Crippen LogP) is 5.26. The Morgan fingerprint density at radius 3 is 2.39 bits per heavy atom. The van der Waals surface area contributed by atoms with Gasteiger partial charge in [-0.3, -0.25) is 9.59 Å². The van der Waals surface area contributed by atoms with E-state index in [2.05, 4.69) is 17.4 Å². The van der Waals surface area contributed by atoms with Crippen LogP contribution in [-0.2, 0) is 20.7 Å². The van der Waals surface area contributed by atoms with E-state index in [-0.39, 0.29) is 18.6 Å². The van der Waals surface area contributed by atoms with Crippen molar-refractivity contribution < 1.29 is 14.3 Å². The summed E-state index contributed by atoms with van der Waals surface area (Å²) in [7, 11) is 0. The summed E-state index contributed by atoms with van der Waals surface area (Å²) >= 11 is 1.42. The van der Waals surface area contributed by atoms with Gasteiger partial charge in [-0.25, -0.2) is 0 Å².